The highest BCUT2D eigenvalue weighted by Gasteiger charge is 2.37. The van der Waals surface area contributed by atoms with E-state index in [9.17, 15) is 9.18 Å². The standard InChI is InChI=1S/C24H25ClFN5O2/c1-16-17(14-32)6-9-28-20(16)13-31(22-12-21(25)29-23(27)30-22)15-24(7-10-33-11-8-24)18-2-4-19(26)5-3-18/h2-6,9,12,14H,7-8,10-11,13,15H2,1H3,(H2,27,29,30). The summed E-state index contributed by atoms with van der Waals surface area (Å²) in [5.74, 6) is 0.341. The maximum Gasteiger partial charge on any atom is 0.223 e. The molecule has 172 valence electrons. The number of nitrogen functional groups attached to an aromatic ring is 1. The van der Waals surface area contributed by atoms with E-state index in [1.54, 1.807) is 18.3 Å². The summed E-state index contributed by atoms with van der Waals surface area (Å²) in [7, 11) is 0. The zero-order valence-electron chi connectivity index (χ0n) is 18.3. The summed E-state index contributed by atoms with van der Waals surface area (Å²) in [6.45, 7) is 3.98. The number of rotatable bonds is 7. The Kier molecular flexibility index (Phi) is 6.85. The van der Waals surface area contributed by atoms with Gasteiger partial charge in [0.25, 0.3) is 0 Å². The molecule has 0 spiro atoms. The molecule has 0 aliphatic carbocycles. The molecule has 33 heavy (non-hydrogen) atoms. The molecular formula is C24H25ClFN5O2. The van der Waals surface area contributed by atoms with E-state index in [4.69, 9.17) is 22.1 Å². The molecule has 2 aromatic heterocycles. The van der Waals surface area contributed by atoms with E-state index < -0.39 is 0 Å². The molecule has 0 atom stereocenters. The van der Waals surface area contributed by atoms with Gasteiger partial charge in [-0.05, 0) is 49.1 Å². The Morgan fingerprint density at radius 3 is 2.61 bits per heavy atom. The Balaban J connectivity index is 1.77. The first kappa shape index (κ1) is 23.1. The Morgan fingerprint density at radius 2 is 1.94 bits per heavy atom. The molecule has 0 amide bonds. The van der Waals surface area contributed by atoms with Gasteiger partial charge in [0.05, 0.1) is 12.2 Å². The number of nitrogens with zero attached hydrogens (tertiary/aromatic N) is 4. The predicted octanol–water partition coefficient (Wildman–Crippen LogP) is 4.12. The van der Waals surface area contributed by atoms with Crippen LogP contribution < -0.4 is 10.6 Å². The molecule has 1 saturated heterocycles. The molecule has 3 aromatic rings. The maximum atomic E-state index is 13.7. The summed E-state index contributed by atoms with van der Waals surface area (Å²) in [6.07, 6.45) is 3.95. The molecule has 4 rings (SSSR count). The number of hydrogen-bond donors (Lipinski definition) is 1. The second kappa shape index (κ2) is 9.80. The van der Waals surface area contributed by atoms with Crippen LogP contribution in [0.1, 0.15) is 40.0 Å². The topological polar surface area (TPSA) is 94.2 Å². The highest BCUT2D eigenvalue weighted by Crippen LogP contribution is 2.37. The van der Waals surface area contributed by atoms with Crippen LogP contribution in [0.25, 0.3) is 0 Å². The van der Waals surface area contributed by atoms with Gasteiger partial charge in [-0.25, -0.2) is 9.37 Å². The lowest BCUT2D eigenvalue weighted by Crippen LogP contribution is -2.45. The fourth-order valence-corrected chi connectivity index (χ4v) is 4.52. The van der Waals surface area contributed by atoms with Crippen molar-refractivity contribution in [1.82, 2.24) is 15.0 Å². The Hall–Kier alpha value is -3.10. The number of aromatic nitrogens is 3. The normalized spacial score (nSPS) is 15.2. The lowest BCUT2D eigenvalue weighted by Gasteiger charge is -2.42. The summed E-state index contributed by atoms with van der Waals surface area (Å²) < 4.78 is 19.3. The molecule has 1 aromatic carbocycles. The average molecular weight is 470 g/mol. The molecule has 0 unspecified atom stereocenters. The lowest BCUT2D eigenvalue weighted by atomic mass is 9.73. The first-order chi connectivity index (χ1) is 15.9. The van der Waals surface area contributed by atoms with Crippen molar-refractivity contribution in [3.63, 3.8) is 0 Å². The summed E-state index contributed by atoms with van der Waals surface area (Å²) >= 11 is 6.21. The van der Waals surface area contributed by atoms with Gasteiger partial charge in [0.2, 0.25) is 5.95 Å². The number of benzene rings is 1. The van der Waals surface area contributed by atoms with Crippen LogP contribution in [0.2, 0.25) is 5.15 Å². The van der Waals surface area contributed by atoms with Gasteiger partial charge in [-0.3, -0.25) is 9.78 Å². The van der Waals surface area contributed by atoms with Gasteiger partial charge in [0.1, 0.15) is 23.1 Å². The van der Waals surface area contributed by atoms with Crippen LogP contribution in [-0.4, -0.2) is 41.0 Å². The minimum atomic E-state index is -0.311. The average Bonchev–Trinajstić information content (AvgIpc) is 2.80. The number of pyridine rings is 1. The highest BCUT2D eigenvalue weighted by atomic mass is 35.5. The van der Waals surface area contributed by atoms with E-state index in [2.05, 4.69) is 15.0 Å². The zero-order chi connectivity index (χ0) is 23.4. The minimum Gasteiger partial charge on any atom is -0.381 e. The fourth-order valence-electron chi connectivity index (χ4n) is 4.34. The molecule has 3 heterocycles. The third-order valence-corrected chi connectivity index (χ3v) is 6.43. The number of ether oxygens (including phenoxy) is 1. The van der Waals surface area contributed by atoms with E-state index in [-0.39, 0.29) is 22.3 Å². The Morgan fingerprint density at radius 1 is 1.21 bits per heavy atom. The molecule has 2 N–H and O–H groups in total. The van der Waals surface area contributed by atoms with E-state index in [0.717, 1.165) is 35.9 Å². The van der Waals surface area contributed by atoms with E-state index in [0.29, 0.717) is 37.7 Å². The van der Waals surface area contributed by atoms with Gasteiger partial charge < -0.3 is 15.4 Å². The second-order valence-corrected chi connectivity index (χ2v) is 8.64. The highest BCUT2D eigenvalue weighted by molar-refractivity contribution is 6.29. The zero-order valence-corrected chi connectivity index (χ0v) is 19.1. The molecule has 0 bridgehead atoms. The number of hydrogen-bond acceptors (Lipinski definition) is 7. The number of halogens is 2. The Labute approximate surface area is 196 Å². The van der Waals surface area contributed by atoms with Crippen LogP contribution in [0.5, 0.6) is 0 Å². The number of nitrogens with two attached hydrogens (primary N) is 1. The lowest BCUT2D eigenvalue weighted by molar-refractivity contribution is 0.0520. The SMILES string of the molecule is Cc1c(C=O)ccnc1CN(CC1(c2ccc(F)cc2)CCOCC1)c1cc(Cl)nc(N)n1. The van der Waals surface area contributed by atoms with Crippen LogP contribution in [-0.2, 0) is 16.7 Å². The van der Waals surface area contributed by atoms with Crippen LogP contribution in [0.3, 0.4) is 0 Å². The molecule has 7 nitrogen and oxygen atoms in total. The summed E-state index contributed by atoms with van der Waals surface area (Å²) in [4.78, 5) is 26.4. The van der Waals surface area contributed by atoms with E-state index in [1.807, 2.05) is 24.0 Å². The van der Waals surface area contributed by atoms with E-state index in [1.165, 1.54) is 12.1 Å². The molecule has 1 aliphatic rings. The number of aldehydes is 1. The van der Waals surface area contributed by atoms with Crippen LogP contribution in [0, 0.1) is 12.7 Å². The van der Waals surface area contributed by atoms with Crippen molar-refractivity contribution in [3.05, 3.63) is 75.9 Å². The fraction of sp³-hybridized carbons (Fsp3) is 0.333. The maximum absolute atomic E-state index is 13.7. The smallest absolute Gasteiger partial charge is 0.223 e. The first-order valence-electron chi connectivity index (χ1n) is 10.7. The first-order valence-corrected chi connectivity index (χ1v) is 11.1. The minimum absolute atomic E-state index is 0.0663. The van der Waals surface area contributed by atoms with Crippen molar-refractivity contribution in [2.75, 3.05) is 30.4 Å². The van der Waals surface area contributed by atoms with Gasteiger partial charge in [0.15, 0.2) is 0 Å². The molecule has 1 aliphatic heterocycles. The number of anilines is 2. The van der Waals surface area contributed by atoms with Gasteiger partial charge in [0, 0.05) is 43.0 Å². The van der Waals surface area contributed by atoms with Crippen molar-refractivity contribution in [2.24, 2.45) is 0 Å². The van der Waals surface area contributed by atoms with Crippen LogP contribution in [0.15, 0.2) is 42.6 Å². The monoisotopic (exact) mass is 469 g/mol. The van der Waals surface area contributed by atoms with E-state index >= 15 is 0 Å². The van der Waals surface area contributed by atoms with Crippen molar-refractivity contribution in [2.45, 2.75) is 31.7 Å². The third-order valence-electron chi connectivity index (χ3n) is 6.24. The van der Waals surface area contributed by atoms with Gasteiger partial charge in [-0.1, -0.05) is 23.7 Å². The molecule has 0 saturated carbocycles. The predicted molar refractivity (Wildman–Crippen MR) is 125 cm³/mol. The summed E-state index contributed by atoms with van der Waals surface area (Å²) in [5.41, 5.74) is 8.74. The van der Waals surface area contributed by atoms with Crippen LogP contribution in [0.4, 0.5) is 16.2 Å². The molecular weight excluding hydrogens is 445 g/mol. The largest absolute Gasteiger partial charge is 0.381 e. The number of carbonyl (C=O) groups is 1. The summed E-state index contributed by atoms with van der Waals surface area (Å²) in [6, 6.07) is 9.97. The van der Waals surface area contributed by atoms with Crippen molar-refractivity contribution >= 4 is 29.7 Å². The van der Waals surface area contributed by atoms with Crippen molar-refractivity contribution in [3.8, 4) is 0 Å². The van der Waals surface area contributed by atoms with Crippen LogP contribution >= 0.6 is 11.6 Å². The number of carbonyl (C=O) groups excluding carboxylic acids is 1. The van der Waals surface area contributed by atoms with Gasteiger partial charge in [-0.2, -0.15) is 4.98 Å². The Bertz CT molecular complexity index is 1120. The van der Waals surface area contributed by atoms with Gasteiger partial charge >= 0.3 is 0 Å². The van der Waals surface area contributed by atoms with Crippen molar-refractivity contribution in [1.29, 1.82) is 0 Å². The van der Waals surface area contributed by atoms with Crippen molar-refractivity contribution < 1.29 is 13.9 Å². The molecule has 1 fully saturated rings. The summed E-state index contributed by atoms with van der Waals surface area (Å²) in [5, 5.41) is 0.233. The molecule has 9 heteroatoms. The third kappa shape index (κ3) is 5.12. The van der Waals surface area contributed by atoms with Gasteiger partial charge in [-0.15, -0.1) is 0 Å². The second-order valence-electron chi connectivity index (χ2n) is 8.25. The quantitative estimate of drug-likeness (QED) is 0.410. The molecule has 0 radical (unpaired) electrons.